The molecule has 0 aliphatic heterocycles. The molecule has 0 saturated heterocycles. The van der Waals surface area contributed by atoms with Gasteiger partial charge in [0.15, 0.2) is 16.6 Å². The highest BCUT2D eigenvalue weighted by Crippen LogP contribution is 2.28. The van der Waals surface area contributed by atoms with Crippen LogP contribution in [0.2, 0.25) is 0 Å². The lowest BCUT2D eigenvalue weighted by molar-refractivity contribution is 0.0729. The molecule has 2 rings (SSSR count). The van der Waals surface area contributed by atoms with Crippen LogP contribution in [-0.4, -0.2) is 24.4 Å². The number of hydrogen-bond acceptors (Lipinski definition) is 5. The number of ether oxygens (including phenoxy) is 2. The van der Waals surface area contributed by atoms with Gasteiger partial charge in [-0.15, -0.1) is 0 Å². The highest BCUT2D eigenvalue weighted by atomic mass is 32.1. The number of hydrazone groups is 1. The van der Waals surface area contributed by atoms with Crippen LogP contribution < -0.4 is 20.6 Å². The van der Waals surface area contributed by atoms with E-state index in [-0.39, 0.29) is 16.4 Å². The Morgan fingerprint density at radius 2 is 2.08 bits per heavy atom. The molecule has 0 saturated carbocycles. The molecule has 0 aliphatic rings. The van der Waals surface area contributed by atoms with Crippen molar-refractivity contribution in [3.8, 4) is 11.5 Å². The number of carbonyl (C=O) groups excluding carboxylic acids is 1. The Morgan fingerprint density at radius 3 is 2.75 bits per heavy atom. The predicted octanol–water partition coefficient (Wildman–Crippen LogP) is 2.22. The minimum Gasteiger partial charge on any atom is -0.493 e. The van der Waals surface area contributed by atoms with Gasteiger partial charge >= 0.3 is 5.97 Å². The van der Waals surface area contributed by atoms with Gasteiger partial charge in [-0.2, -0.15) is 5.10 Å². The number of halogens is 1. The molecule has 0 amide bonds. The summed E-state index contributed by atoms with van der Waals surface area (Å²) in [6, 6.07) is 10.0. The largest absolute Gasteiger partial charge is 0.493 e. The summed E-state index contributed by atoms with van der Waals surface area (Å²) in [5.74, 6) is -0.692. The molecular weight excluding hydrogens is 333 g/mol. The Morgan fingerprint density at radius 1 is 1.29 bits per heavy atom. The van der Waals surface area contributed by atoms with Crippen molar-refractivity contribution in [2.75, 3.05) is 7.11 Å². The fraction of sp³-hybridized carbons (Fsp3) is 0.0625. The third-order valence-electron chi connectivity index (χ3n) is 2.84. The zero-order valence-electron chi connectivity index (χ0n) is 12.7. The molecule has 124 valence electrons. The number of thiocarbonyl (C=S) groups is 1. The Bertz CT molecular complexity index is 796. The van der Waals surface area contributed by atoms with E-state index in [2.05, 4.69) is 22.7 Å². The average molecular weight is 347 g/mol. The lowest BCUT2D eigenvalue weighted by Gasteiger charge is -2.10. The maximum Gasteiger partial charge on any atom is 0.343 e. The van der Waals surface area contributed by atoms with Crippen molar-refractivity contribution in [1.82, 2.24) is 5.43 Å². The van der Waals surface area contributed by atoms with E-state index >= 15 is 0 Å². The summed E-state index contributed by atoms with van der Waals surface area (Å²) in [6.45, 7) is 0. The van der Waals surface area contributed by atoms with E-state index in [4.69, 9.17) is 15.2 Å². The van der Waals surface area contributed by atoms with E-state index in [1.54, 1.807) is 12.1 Å². The van der Waals surface area contributed by atoms with Crippen molar-refractivity contribution < 1.29 is 18.7 Å². The van der Waals surface area contributed by atoms with Gasteiger partial charge in [0.25, 0.3) is 0 Å². The lowest BCUT2D eigenvalue weighted by atomic mass is 10.2. The van der Waals surface area contributed by atoms with Crippen molar-refractivity contribution in [2.45, 2.75) is 0 Å². The molecule has 2 aromatic rings. The number of rotatable bonds is 5. The van der Waals surface area contributed by atoms with Gasteiger partial charge in [-0.25, -0.2) is 9.18 Å². The Balaban J connectivity index is 2.17. The smallest absolute Gasteiger partial charge is 0.343 e. The first-order valence-corrected chi connectivity index (χ1v) is 7.14. The molecule has 0 heterocycles. The quantitative estimate of drug-likeness (QED) is 0.284. The number of carbonyl (C=O) groups is 1. The number of nitrogens with one attached hydrogen (secondary N) is 1. The van der Waals surface area contributed by atoms with Crippen molar-refractivity contribution in [2.24, 2.45) is 10.8 Å². The molecule has 24 heavy (non-hydrogen) atoms. The van der Waals surface area contributed by atoms with Crippen LogP contribution in [0, 0.1) is 5.82 Å². The van der Waals surface area contributed by atoms with Crippen LogP contribution in [0.15, 0.2) is 47.6 Å². The highest BCUT2D eigenvalue weighted by Gasteiger charge is 2.13. The molecule has 0 atom stereocenters. The van der Waals surface area contributed by atoms with Gasteiger partial charge in [0.1, 0.15) is 5.82 Å². The fourth-order valence-corrected chi connectivity index (χ4v) is 1.85. The van der Waals surface area contributed by atoms with E-state index in [1.165, 1.54) is 37.6 Å². The first-order valence-electron chi connectivity index (χ1n) is 6.74. The van der Waals surface area contributed by atoms with E-state index in [0.717, 1.165) is 6.07 Å². The van der Waals surface area contributed by atoms with Crippen LogP contribution in [0.4, 0.5) is 4.39 Å². The van der Waals surface area contributed by atoms with Crippen LogP contribution in [0.5, 0.6) is 11.5 Å². The van der Waals surface area contributed by atoms with Gasteiger partial charge in [0.05, 0.1) is 18.9 Å². The predicted molar refractivity (Wildman–Crippen MR) is 91.9 cm³/mol. The number of nitrogens with two attached hydrogens (primary N) is 1. The molecule has 0 unspecified atom stereocenters. The number of methoxy groups -OCH3 is 1. The summed E-state index contributed by atoms with van der Waals surface area (Å²) in [4.78, 5) is 12.1. The van der Waals surface area contributed by atoms with Gasteiger partial charge in [0.2, 0.25) is 0 Å². The van der Waals surface area contributed by atoms with Gasteiger partial charge in [-0.05, 0) is 54.2 Å². The molecule has 0 aromatic heterocycles. The summed E-state index contributed by atoms with van der Waals surface area (Å²) < 4.78 is 23.6. The molecule has 0 aliphatic carbocycles. The van der Waals surface area contributed by atoms with Crippen molar-refractivity contribution in [3.63, 3.8) is 0 Å². The molecule has 0 radical (unpaired) electrons. The van der Waals surface area contributed by atoms with Crippen LogP contribution >= 0.6 is 12.2 Å². The van der Waals surface area contributed by atoms with E-state index in [1.807, 2.05) is 0 Å². The normalized spacial score (nSPS) is 10.4. The summed E-state index contributed by atoms with van der Waals surface area (Å²) >= 11 is 4.63. The zero-order valence-corrected chi connectivity index (χ0v) is 13.5. The molecular formula is C16H14FN3O3S. The topological polar surface area (TPSA) is 85.9 Å². The molecule has 8 heteroatoms. The number of benzene rings is 2. The van der Waals surface area contributed by atoms with Gasteiger partial charge in [0, 0.05) is 0 Å². The molecule has 2 aromatic carbocycles. The standard InChI is InChI=1S/C16H14FN3O3S/c1-22-14-7-10(9-19-20-16(18)24)5-6-13(14)23-15(21)11-3-2-4-12(17)8-11/h2-9H,1H3,(H3,18,20,24)/b19-9-. The maximum atomic E-state index is 13.2. The second-order valence-electron chi connectivity index (χ2n) is 4.54. The monoisotopic (exact) mass is 347 g/mol. The maximum absolute atomic E-state index is 13.2. The number of hydrogen-bond donors (Lipinski definition) is 2. The first-order chi connectivity index (χ1) is 11.5. The minimum atomic E-state index is -0.690. The lowest BCUT2D eigenvalue weighted by Crippen LogP contribution is -2.23. The second-order valence-corrected chi connectivity index (χ2v) is 4.98. The SMILES string of the molecule is COc1cc(/C=N\NC(N)=S)ccc1OC(=O)c1cccc(F)c1. The van der Waals surface area contributed by atoms with Crippen LogP contribution in [0.25, 0.3) is 0 Å². The van der Waals surface area contributed by atoms with E-state index < -0.39 is 11.8 Å². The fourth-order valence-electron chi connectivity index (χ4n) is 1.79. The molecule has 6 nitrogen and oxygen atoms in total. The zero-order chi connectivity index (χ0) is 17.5. The molecule has 0 bridgehead atoms. The third-order valence-corrected chi connectivity index (χ3v) is 2.93. The molecule has 0 spiro atoms. The van der Waals surface area contributed by atoms with Gasteiger partial charge in [-0.3, -0.25) is 5.43 Å². The average Bonchev–Trinajstić information content (AvgIpc) is 2.55. The summed E-state index contributed by atoms with van der Waals surface area (Å²) in [6.07, 6.45) is 1.47. The highest BCUT2D eigenvalue weighted by molar-refractivity contribution is 7.80. The van der Waals surface area contributed by atoms with Crippen LogP contribution in [-0.2, 0) is 0 Å². The van der Waals surface area contributed by atoms with Gasteiger partial charge < -0.3 is 15.2 Å². The number of nitrogens with zero attached hydrogens (tertiary/aromatic N) is 1. The molecule has 3 N–H and O–H groups in total. The second kappa shape index (κ2) is 8.02. The summed E-state index contributed by atoms with van der Waals surface area (Å²) in [7, 11) is 1.43. The number of esters is 1. The van der Waals surface area contributed by atoms with E-state index in [0.29, 0.717) is 11.3 Å². The third kappa shape index (κ3) is 4.75. The first kappa shape index (κ1) is 17.4. The summed E-state index contributed by atoms with van der Waals surface area (Å²) in [5, 5.41) is 3.86. The van der Waals surface area contributed by atoms with Crippen molar-refractivity contribution >= 4 is 29.5 Å². The molecule has 0 fully saturated rings. The van der Waals surface area contributed by atoms with Crippen molar-refractivity contribution in [3.05, 3.63) is 59.4 Å². The Labute approximate surface area is 143 Å². The minimum absolute atomic E-state index is 0.0406. The van der Waals surface area contributed by atoms with E-state index in [9.17, 15) is 9.18 Å². The van der Waals surface area contributed by atoms with Gasteiger partial charge in [-0.1, -0.05) is 6.07 Å². The Kier molecular flexibility index (Phi) is 5.80. The van der Waals surface area contributed by atoms with Crippen molar-refractivity contribution in [1.29, 1.82) is 0 Å². The van der Waals surface area contributed by atoms with Crippen LogP contribution in [0.1, 0.15) is 15.9 Å². The summed E-state index contributed by atoms with van der Waals surface area (Å²) in [5.41, 5.74) is 8.45. The Hall–Kier alpha value is -3.00. The van der Waals surface area contributed by atoms with Crippen LogP contribution in [0.3, 0.4) is 0 Å².